The summed E-state index contributed by atoms with van der Waals surface area (Å²) in [5, 5.41) is 2.64. The van der Waals surface area contributed by atoms with Gasteiger partial charge in [-0.05, 0) is 80.6 Å². The standard InChI is InChI=1S/C25H24ClFN2O6S/c1-3-34-20-10-8-19(9-11-20)29(36(32,33)21-12-5-17(27)6-13-21)16-24(30)28-18-7-14-22(23(26)15-18)25(31)35-4-2/h5-15H,3-4,16H2,1-2H3,(H,28,30). The Kier molecular flexibility index (Phi) is 8.89. The third-order valence-electron chi connectivity index (χ3n) is 4.87. The number of carbonyl (C=O) groups excluding carboxylic acids is 2. The molecule has 36 heavy (non-hydrogen) atoms. The number of hydrogen-bond donors (Lipinski definition) is 1. The molecule has 0 unspecified atom stereocenters. The predicted molar refractivity (Wildman–Crippen MR) is 135 cm³/mol. The summed E-state index contributed by atoms with van der Waals surface area (Å²) in [6, 6.07) is 14.7. The third kappa shape index (κ3) is 6.52. The van der Waals surface area contributed by atoms with Crippen LogP contribution < -0.4 is 14.4 Å². The molecule has 0 aliphatic heterocycles. The van der Waals surface area contributed by atoms with Crippen LogP contribution in [0.5, 0.6) is 5.75 Å². The number of rotatable bonds is 10. The van der Waals surface area contributed by atoms with Gasteiger partial charge in [0.25, 0.3) is 10.0 Å². The van der Waals surface area contributed by atoms with E-state index in [-0.39, 0.29) is 33.5 Å². The van der Waals surface area contributed by atoms with Gasteiger partial charge in [0.15, 0.2) is 0 Å². The van der Waals surface area contributed by atoms with Crippen LogP contribution in [0.4, 0.5) is 15.8 Å². The smallest absolute Gasteiger partial charge is 0.339 e. The van der Waals surface area contributed by atoms with Crippen molar-refractivity contribution in [2.45, 2.75) is 18.7 Å². The highest BCUT2D eigenvalue weighted by Crippen LogP contribution is 2.27. The summed E-state index contributed by atoms with van der Waals surface area (Å²) in [5.74, 6) is -1.34. The Morgan fingerprint density at radius 3 is 2.22 bits per heavy atom. The minimum Gasteiger partial charge on any atom is -0.494 e. The molecule has 1 N–H and O–H groups in total. The number of carbonyl (C=O) groups is 2. The van der Waals surface area contributed by atoms with E-state index in [9.17, 15) is 22.4 Å². The second-order valence-electron chi connectivity index (χ2n) is 7.36. The van der Waals surface area contributed by atoms with Crippen LogP contribution in [0.15, 0.2) is 71.6 Å². The molecule has 0 aromatic heterocycles. The number of halogens is 2. The maximum Gasteiger partial charge on any atom is 0.339 e. The summed E-state index contributed by atoms with van der Waals surface area (Å²) >= 11 is 6.15. The predicted octanol–water partition coefficient (Wildman–Crippen LogP) is 4.89. The minimum absolute atomic E-state index is 0.0635. The zero-order valence-corrected chi connectivity index (χ0v) is 21.1. The first-order valence-electron chi connectivity index (χ1n) is 10.9. The number of hydrogen-bond acceptors (Lipinski definition) is 6. The normalized spacial score (nSPS) is 11.0. The van der Waals surface area contributed by atoms with Crippen LogP contribution in [-0.4, -0.2) is 40.1 Å². The molecule has 0 saturated carbocycles. The molecule has 0 aliphatic carbocycles. The van der Waals surface area contributed by atoms with Gasteiger partial charge in [-0.2, -0.15) is 0 Å². The van der Waals surface area contributed by atoms with Crippen molar-refractivity contribution in [3.63, 3.8) is 0 Å². The van der Waals surface area contributed by atoms with E-state index in [2.05, 4.69) is 5.32 Å². The summed E-state index contributed by atoms with van der Waals surface area (Å²) < 4.78 is 51.4. The van der Waals surface area contributed by atoms with Gasteiger partial charge in [-0.15, -0.1) is 0 Å². The summed E-state index contributed by atoms with van der Waals surface area (Å²) in [7, 11) is -4.24. The van der Waals surface area contributed by atoms with Crippen LogP contribution in [0.2, 0.25) is 5.02 Å². The molecule has 0 heterocycles. The molecule has 0 bridgehead atoms. The van der Waals surface area contributed by atoms with Crippen molar-refractivity contribution in [3.8, 4) is 5.75 Å². The largest absolute Gasteiger partial charge is 0.494 e. The third-order valence-corrected chi connectivity index (χ3v) is 6.97. The fourth-order valence-corrected chi connectivity index (χ4v) is 4.90. The van der Waals surface area contributed by atoms with Crippen LogP contribution in [0.3, 0.4) is 0 Å². The SMILES string of the molecule is CCOC(=O)c1ccc(NC(=O)CN(c2ccc(OCC)cc2)S(=O)(=O)c2ccc(F)cc2)cc1Cl. The quantitative estimate of drug-likeness (QED) is 0.372. The van der Waals surface area contributed by atoms with Gasteiger partial charge in [0, 0.05) is 5.69 Å². The van der Waals surface area contributed by atoms with E-state index in [1.165, 1.54) is 30.3 Å². The molecule has 0 aliphatic rings. The van der Waals surface area contributed by atoms with Crippen LogP contribution in [0, 0.1) is 5.82 Å². The summed E-state index contributed by atoms with van der Waals surface area (Å²) in [5.41, 5.74) is 0.587. The van der Waals surface area contributed by atoms with Crippen molar-refractivity contribution in [3.05, 3.63) is 83.1 Å². The van der Waals surface area contributed by atoms with E-state index >= 15 is 0 Å². The fraction of sp³-hybridized carbons (Fsp3) is 0.200. The minimum atomic E-state index is -4.24. The van der Waals surface area contributed by atoms with Crippen molar-refractivity contribution in [2.75, 3.05) is 29.4 Å². The monoisotopic (exact) mass is 534 g/mol. The Morgan fingerprint density at radius 2 is 1.64 bits per heavy atom. The average Bonchev–Trinajstić information content (AvgIpc) is 2.84. The molecule has 11 heteroatoms. The van der Waals surface area contributed by atoms with Crippen LogP contribution >= 0.6 is 11.6 Å². The Labute approximate surface area is 213 Å². The van der Waals surface area contributed by atoms with Gasteiger partial charge in [-0.25, -0.2) is 17.6 Å². The number of ether oxygens (including phenoxy) is 2. The van der Waals surface area contributed by atoms with Crippen molar-refractivity contribution < 1.29 is 31.9 Å². The molecule has 0 atom stereocenters. The maximum atomic E-state index is 13.4. The number of anilines is 2. The van der Waals surface area contributed by atoms with Crippen LogP contribution in [0.25, 0.3) is 0 Å². The molecular formula is C25H24ClFN2O6S. The van der Waals surface area contributed by atoms with Gasteiger partial charge in [-0.3, -0.25) is 9.10 Å². The van der Waals surface area contributed by atoms with Crippen LogP contribution in [0.1, 0.15) is 24.2 Å². The van der Waals surface area contributed by atoms with E-state index in [1.807, 2.05) is 6.92 Å². The molecule has 0 fully saturated rings. The first-order chi connectivity index (χ1) is 17.1. The zero-order valence-electron chi connectivity index (χ0n) is 19.5. The highest BCUT2D eigenvalue weighted by Gasteiger charge is 2.27. The van der Waals surface area contributed by atoms with Gasteiger partial charge in [0.1, 0.15) is 18.1 Å². The van der Waals surface area contributed by atoms with Crippen molar-refractivity contribution in [1.82, 2.24) is 0 Å². The van der Waals surface area contributed by atoms with E-state index < -0.39 is 34.3 Å². The summed E-state index contributed by atoms with van der Waals surface area (Å²) in [4.78, 5) is 24.6. The number of nitrogens with zero attached hydrogens (tertiary/aromatic N) is 1. The second-order valence-corrected chi connectivity index (χ2v) is 9.63. The van der Waals surface area contributed by atoms with Crippen LogP contribution in [-0.2, 0) is 19.6 Å². The van der Waals surface area contributed by atoms with E-state index in [0.717, 1.165) is 28.6 Å². The first kappa shape index (κ1) is 27.0. The lowest BCUT2D eigenvalue weighted by molar-refractivity contribution is -0.114. The Morgan fingerprint density at radius 1 is 0.972 bits per heavy atom. The van der Waals surface area contributed by atoms with Gasteiger partial charge in [0.2, 0.25) is 5.91 Å². The van der Waals surface area contributed by atoms with Crippen molar-refractivity contribution in [2.24, 2.45) is 0 Å². The molecule has 8 nitrogen and oxygen atoms in total. The molecule has 3 aromatic rings. The average molecular weight is 535 g/mol. The van der Waals surface area contributed by atoms with E-state index in [0.29, 0.717) is 12.4 Å². The number of nitrogens with one attached hydrogen (secondary N) is 1. The number of esters is 1. The lowest BCUT2D eigenvalue weighted by Gasteiger charge is -2.24. The topological polar surface area (TPSA) is 102 Å². The molecule has 3 aromatic carbocycles. The fourth-order valence-electron chi connectivity index (χ4n) is 3.22. The molecule has 0 saturated heterocycles. The zero-order chi connectivity index (χ0) is 26.3. The highest BCUT2D eigenvalue weighted by molar-refractivity contribution is 7.92. The molecule has 0 spiro atoms. The molecule has 190 valence electrons. The van der Waals surface area contributed by atoms with Gasteiger partial charge < -0.3 is 14.8 Å². The molecular weight excluding hydrogens is 511 g/mol. The Balaban J connectivity index is 1.88. The maximum absolute atomic E-state index is 13.4. The Bertz CT molecular complexity index is 1330. The van der Waals surface area contributed by atoms with Crippen molar-refractivity contribution in [1.29, 1.82) is 0 Å². The summed E-state index contributed by atoms with van der Waals surface area (Å²) in [6.45, 7) is 3.49. The molecule has 1 amide bonds. The molecule has 0 radical (unpaired) electrons. The number of amides is 1. The second kappa shape index (κ2) is 11.9. The van der Waals surface area contributed by atoms with Gasteiger partial charge in [-0.1, -0.05) is 11.6 Å². The van der Waals surface area contributed by atoms with Crippen molar-refractivity contribution >= 4 is 44.9 Å². The lowest BCUT2D eigenvalue weighted by atomic mass is 10.2. The number of sulfonamides is 1. The number of benzene rings is 3. The van der Waals surface area contributed by atoms with Gasteiger partial charge in [0.05, 0.1) is 34.4 Å². The van der Waals surface area contributed by atoms with Gasteiger partial charge >= 0.3 is 5.97 Å². The highest BCUT2D eigenvalue weighted by atomic mass is 35.5. The van der Waals surface area contributed by atoms with E-state index in [4.69, 9.17) is 21.1 Å². The first-order valence-corrected chi connectivity index (χ1v) is 12.7. The lowest BCUT2D eigenvalue weighted by Crippen LogP contribution is -2.38. The van der Waals surface area contributed by atoms with E-state index in [1.54, 1.807) is 19.1 Å². The summed E-state index contributed by atoms with van der Waals surface area (Å²) in [6.07, 6.45) is 0. The Hall–Kier alpha value is -3.63. The molecule has 3 rings (SSSR count).